The second-order valence-corrected chi connectivity index (χ2v) is 7.64. The fourth-order valence-corrected chi connectivity index (χ4v) is 3.66. The minimum atomic E-state index is -4.80. The molecule has 1 aromatic heterocycles. The molecule has 0 amide bonds. The van der Waals surface area contributed by atoms with Crippen LogP contribution in [0.1, 0.15) is 42.1 Å². The van der Waals surface area contributed by atoms with Gasteiger partial charge in [-0.2, -0.15) is 0 Å². The summed E-state index contributed by atoms with van der Waals surface area (Å²) in [6, 6.07) is 17.3. The standard InChI is InChI=1S/C25H23F3N2O2/c1-16(18-9-6-10-19(15-18)17-7-5-8-17)30-24(29-2)23-14-13-21(31-23)20-11-3-4-12-22(20)32-25(26,27)28/h3-4,6,9-15,17H,1,5,7-8H2,2H3,(H,29,30). The van der Waals surface area contributed by atoms with Crippen LogP contribution in [0.5, 0.6) is 5.75 Å². The van der Waals surface area contributed by atoms with Crippen molar-refractivity contribution in [1.82, 2.24) is 5.32 Å². The summed E-state index contributed by atoms with van der Waals surface area (Å²) in [6.45, 7) is 4.12. The van der Waals surface area contributed by atoms with Crippen LogP contribution in [0.25, 0.3) is 17.0 Å². The number of nitrogens with one attached hydrogen (secondary N) is 1. The third-order valence-corrected chi connectivity index (χ3v) is 5.52. The number of rotatable bonds is 6. The van der Waals surface area contributed by atoms with Crippen molar-refractivity contribution < 1.29 is 22.3 Å². The molecule has 4 nitrogen and oxygen atoms in total. The maximum absolute atomic E-state index is 12.7. The molecule has 32 heavy (non-hydrogen) atoms. The Morgan fingerprint density at radius 3 is 2.56 bits per heavy atom. The van der Waals surface area contributed by atoms with Crippen molar-refractivity contribution in [2.75, 3.05) is 7.05 Å². The quantitative estimate of drug-likeness (QED) is 0.341. The summed E-state index contributed by atoms with van der Waals surface area (Å²) in [5.74, 6) is 1.31. The normalized spacial score (nSPS) is 14.7. The molecule has 1 heterocycles. The molecule has 0 atom stereocenters. The molecule has 2 aromatic carbocycles. The zero-order valence-electron chi connectivity index (χ0n) is 17.6. The molecule has 0 spiro atoms. The van der Waals surface area contributed by atoms with E-state index in [2.05, 4.69) is 33.8 Å². The average molecular weight is 440 g/mol. The number of para-hydroxylation sites is 1. The Labute approximate surface area is 184 Å². The summed E-state index contributed by atoms with van der Waals surface area (Å²) in [4.78, 5) is 4.24. The van der Waals surface area contributed by atoms with E-state index in [0.29, 0.717) is 23.2 Å². The summed E-state index contributed by atoms with van der Waals surface area (Å²) in [5.41, 5.74) is 3.10. The molecular formula is C25H23F3N2O2. The molecule has 1 N–H and O–H groups in total. The van der Waals surface area contributed by atoms with Crippen LogP contribution < -0.4 is 10.1 Å². The molecule has 0 radical (unpaired) electrons. The van der Waals surface area contributed by atoms with E-state index in [4.69, 9.17) is 4.42 Å². The van der Waals surface area contributed by atoms with Gasteiger partial charge in [0, 0.05) is 12.7 Å². The van der Waals surface area contributed by atoms with E-state index in [1.54, 1.807) is 25.2 Å². The summed E-state index contributed by atoms with van der Waals surface area (Å²) in [7, 11) is 1.60. The van der Waals surface area contributed by atoms with Crippen molar-refractivity contribution in [3.05, 3.63) is 84.1 Å². The summed E-state index contributed by atoms with van der Waals surface area (Å²) in [5, 5.41) is 3.17. The van der Waals surface area contributed by atoms with Crippen LogP contribution in [-0.2, 0) is 0 Å². The summed E-state index contributed by atoms with van der Waals surface area (Å²) in [6.07, 6.45) is -1.12. The molecule has 1 saturated carbocycles. The van der Waals surface area contributed by atoms with E-state index >= 15 is 0 Å². The van der Waals surface area contributed by atoms with Crippen LogP contribution in [-0.4, -0.2) is 19.2 Å². The van der Waals surface area contributed by atoms with Gasteiger partial charge in [0.25, 0.3) is 0 Å². The molecular weight excluding hydrogens is 417 g/mol. The van der Waals surface area contributed by atoms with Crippen LogP contribution in [0.3, 0.4) is 0 Å². The van der Waals surface area contributed by atoms with Gasteiger partial charge in [-0.15, -0.1) is 13.2 Å². The van der Waals surface area contributed by atoms with Gasteiger partial charge in [-0.1, -0.05) is 43.3 Å². The van der Waals surface area contributed by atoms with Crippen LogP contribution in [0.4, 0.5) is 13.2 Å². The van der Waals surface area contributed by atoms with Gasteiger partial charge in [-0.3, -0.25) is 4.99 Å². The molecule has 1 fully saturated rings. The molecule has 0 saturated heterocycles. The van der Waals surface area contributed by atoms with Gasteiger partial charge in [0.05, 0.1) is 5.56 Å². The number of furan rings is 1. The maximum Gasteiger partial charge on any atom is 0.573 e. The van der Waals surface area contributed by atoms with Gasteiger partial charge in [0.15, 0.2) is 11.6 Å². The highest BCUT2D eigenvalue weighted by Crippen LogP contribution is 2.37. The largest absolute Gasteiger partial charge is 0.573 e. The number of nitrogens with zero attached hydrogens (tertiary/aromatic N) is 1. The van der Waals surface area contributed by atoms with E-state index < -0.39 is 6.36 Å². The van der Waals surface area contributed by atoms with Gasteiger partial charge < -0.3 is 14.5 Å². The minimum absolute atomic E-state index is 0.193. The Kier molecular flexibility index (Phi) is 6.08. The molecule has 3 aromatic rings. The van der Waals surface area contributed by atoms with Crippen LogP contribution in [0.15, 0.2) is 76.7 Å². The van der Waals surface area contributed by atoms with Crippen molar-refractivity contribution in [1.29, 1.82) is 0 Å². The number of aliphatic imine (C=N–C) groups is 1. The van der Waals surface area contributed by atoms with Gasteiger partial charge in [0.2, 0.25) is 0 Å². The Morgan fingerprint density at radius 1 is 1.09 bits per heavy atom. The average Bonchev–Trinajstić information content (AvgIpc) is 3.20. The van der Waals surface area contributed by atoms with Crippen molar-refractivity contribution in [2.45, 2.75) is 31.5 Å². The van der Waals surface area contributed by atoms with E-state index in [9.17, 15) is 13.2 Å². The topological polar surface area (TPSA) is 46.8 Å². The number of hydrogen-bond acceptors (Lipinski definition) is 3. The van der Waals surface area contributed by atoms with Gasteiger partial charge in [-0.05, 0) is 60.2 Å². The Balaban J connectivity index is 1.53. The maximum atomic E-state index is 12.7. The lowest BCUT2D eigenvalue weighted by molar-refractivity contribution is -0.274. The van der Waals surface area contributed by atoms with Crippen molar-refractivity contribution in [2.24, 2.45) is 4.99 Å². The monoisotopic (exact) mass is 440 g/mol. The van der Waals surface area contributed by atoms with Gasteiger partial charge >= 0.3 is 6.36 Å². The molecule has 7 heteroatoms. The second-order valence-electron chi connectivity index (χ2n) is 7.64. The zero-order chi connectivity index (χ0) is 22.7. The Hall–Kier alpha value is -3.48. The number of halogens is 3. The fourth-order valence-electron chi connectivity index (χ4n) is 3.66. The first kappa shape index (κ1) is 21.7. The number of ether oxygens (including phenoxy) is 1. The third-order valence-electron chi connectivity index (χ3n) is 5.52. The number of amidine groups is 1. The lowest BCUT2D eigenvalue weighted by Crippen LogP contribution is -2.22. The summed E-state index contributed by atoms with van der Waals surface area (Å²) >= 11 is 0. The summed E-state index contributed by atoms with van der Waals surface area (Å²) < 4.78 is 48.2. The predicted octanol–water partition coefficient (Wildman–Crippen LogP) is 6.75. The van der Waals surface area contributed by atoms with Gasteiger partial charge in [0.1, 0.15) is 11.5 Å². The number of alkyl halides is 3. The number of benzene rings is 2. The molecule has 0 bridgehead atoms. The van der Waals surface area contributed by atoms with Crippen molar-refractivity contribution in [3.63, 3.8) is 0 Å². The molecule has 4 rings (SSSR count). The van der Waals surface area contributed by atoms with E-state index in [-0.39, 0.29) is 17.1 Å². The fraction of sp³-hybridized carbons (Fsp3) is 0.240. The molecule has 1 aliphatic rings. The molecule has 1 aliphatic carbocycles. The van der Waals surface area contributed by atoms with E-state index in [0.717, 1.165) is 5.56 Å². The first-order valence-corrected chi connectivity index (χ1v) is 10.3. The third kappa shape index (κ3) is 4.88. The zero-order valence-corrected chi connectivity index (χ0v) is 17.6. The van der Waals surface area contributed by atoms with Crippen molar-refractivity contribution >= 4 is 11.5 Å². The number of hydrogen-bond donors (Lipinski definition) is 1. The molecule has 166 valence electrons. The van der Waals surface area contributed by atoms with Crippen LogP contribution >= 0.6 is 0 Å². The van der Waals surface area contributed by atoms with Crippen molar-refractivity contribution in [3.8, 4) is 17.1 Å². The SMILES string of the molecule is C=C(NC(=NC)c1ccc(-c2ccccc2OC(F)(F)F)o1)c1cccc(C2CCC2)c1. The highest BCUT2D eigenvalue weighted by atomic mass is 19.4. The van der Waals surface area contributed by atoms with Crippen LogP contribution in [0.2, 0.25) is 0 Å². The highest BCUT2D eigenvalue weighted by molar-refractivity contribution is 6.01. The first-order chi connectivity index (χ1) is 15.3. The minimum Gasteiger partial charge on any atom is -0.453 e. The first-order valence-electron chi connectivity index (χ1n) is 10.3. The van der Waals surface area contributed by atoms with Gasteiger partial charge in [-0.25, -0.2) is 0 Å². The van der Waals surface area contributed by atoms with E-state index in [1.165, 1.54) is 43.0 Å². The Morgan fingerprint density at radius 2 is 1.88 bits per heavy atom. The highest BCUT2D eigenvalue weighted by Gasteiger charge is 2.32. The van der Waals surface area contributed by atoms with Crippen LogP contribution in [0, 0.1) is 0 Å². The second kappa shape index (κ2) is 8.94. The predicted molar refractivity (Wildman–Crippen MR) is 118 cm³/mol. The molecule has 0 unspecified atom stereocenters. The Bertz CT molecular complexity index is 1140. The van der Waals surface area contributed by atoms with E-state index in [1.807, 2.05) is 12.1 Å². The molecule has 0 aliphatic heterocycles. The smallest absolute Gasteiger partial charge is 0.453 e. The lowest BCUT2D eigenvalue weighted by Gasteiger charge is -2.26. The lowest BCUT2D eigenvalue weighted by atomic mass is 9.79.